The molecule has 1 aromatic carbocycles. The zero-order chi connectivity index (χ0) is 17.9. The number of aromatic hydroxyl groups is 1. The first-order valence-electron chi connectivity index (χ1n) is 9.80. The number of phenolic OH excluding ortho intramolecular Hbond substituents is 1. The molecular formula is C23H26O2S. The third-order valence-corrected chi connectivity index (χ3v) is 8.27. The van der Waals surface area contributed by atoms with Gasteiger partial charge in [0.25, 0.3) is 0 Å². The van der Waals surface area contributed by atoms with Gasteiger partial charge in [0.1, 0.15) is 5.75 Å². The first-order valence-corrected chi connectivity index (χ1v) is 10.7. The van der Waals surface area contributed by atoms with Crippen molar-refractivity contribution in [2.75, 3.05) is 0 Å². The maximum absolute atomic E-state index is 11.2. The van der Waals surface area contributed by atoms with Crippen molar-refractivity contribution in [3.63, 3.8) is 0 Å². The molecule has 5 unspecified atom stereocenters. The van der Waals surface area contributed by atoms with Crippen LogP contribution in [-0.2, 0) is 6.42 Å². The van der Waals surface area contributed by atoms with E-state index < -0.39 is 0 Å². The highest BCUT2D eigenvalue weighted by atomic mass is 32.1. The summed E-state index contributed by atoms with van der Waals surface area (Å²) in [5.74, 6) is 2.19. The van der Waals surface area contributed by atoms with E-state index in [-0.39, 0.29) is 11.5 Å². The number of rotatable bonds is 1. The van der Waals surface area contributed by atoms with Gasteiger partial charge >= 0.3 is 0 Å². The van der Waals surface area contributed by atoms with Gasteiger partial charge in [-0.25, -0.2) is 0 Å². The van der Waals surface area contributed by atoms with E-state index in [0.29, 0.717) is 23.5 Å². The monoisotopic (exact) mass is 366 g/mol. The molecule has 26 heavy (non-hydrogen) atoms. The van der Waals surface area contributed by atoms with E-state index in [9.17, 15) is 10.2 Å². The Morgan fingerprint density at radius 2 is 2.12 bits per heavy atom. The number of aliphatic hydroxyl groups is 1. The number of hydrogen-bond donors (Lipinski definition) is 2. The number of aryl methyl sites for hydroxylation is 1. The molecule has 5 rings (SSSR count). The van der Waals surface area contributed by atoms with Crippen LogP contribution in [0.2, 0.25) is 0 Å². The van der Waals surface area contributed by atoms with Crippen molar-refractivity contribution in [2.45, 2.75) is 51.0 Å². The lowest BCUT2D eigenvalue weighted by Crippen LogP contribution is -2.44. The minimum Gasteiger partial charge on any atom is -0.508 e. The van der Waals surface area contributed by atoms with Crippen LogP contribution < -0.4 is 0 Å². The van der Waals surface area contributed by atoms with E-state index in [1.165, 1.54) is 28.0 Å². The Labute approximate surface area is 159 Å². The molecule has 0 bridgehead atoms. The number of hydrogen-bond acceptors (Lipinski definition) is 3. The van der Waals surface area contributed by atoms with Crippen molar-refractivity contribution in [2.24, 2.45) is 17.3 Å². The maximum atomic E-state index is 11.2. The van der Waals surface area contributed by atoms with E-state index in [4.69, 9.17) is 0 Å². The molecule has 3 aliphatic rings. The molecule has 2 nitrogen and oxygen atoms in total. The molecule has 136 valence electrons. The van der Waals surface area contributed by atoms with Crippen LogP contribution in [-0.4, -0.2) is 16.3 Å². The number of aliphatic hydroxyl groups excluding tert-OH is 1. The summed E-state index contributed by atoms with van der Waals surface area (Å²) in [4.78, 5) is 1.25. The van der Waals surface area contributed by atoms with Crippen molar-refractivity contribution in [3.05, 3.63) is 57.3 Å². The molecule has 3 aliphatic carbocycles. The Morgan fingerprint density at radius 3 is 2.92 bits per heavy atom. The van der Waals surface area contributed by atoms with Gasteiger partial charge < -0.3 is 10.2 Å². The van der Waals surface area contributed by atoms with Gasteiger partial charge in [-0.15, -0.1) is 11.3 Å². The highest BCUT2D eigenvalue weighted by molar-refractivity contribution is 7.10. The lowest BCUT2D eigenvalue weighted by atomic mass is 9.55. The molecule has 2 N–H and O–H groups in total. The Balaban J connectivity index is 1.49. The van der Waals surface area contributed by atoms with Gasteiger partial charge in [-0.05, 0) is 96.2 Å². The van der Waals surface area contributed by atoms with Gasteiger partial charge in [0.2, 0.25) is 0 Å². The second kappa shape index (κ2) is 5.97. The van der Waals surface area contributed by atoms with Crippen molar-refractivity contribution in [3.8, 4) is 5.75 Å². The number of thiophene rings is 1. The van der Waals surface area contributed by atoms with Crippen LogP contribution in [0.3, 0.4) is 0 Å². The molecule has 0 aliphatic heterocycles. The van der Waals surface area contributed by atoms with Gasteiger partial charge in [-0.1, -0.05) is 19.1 Å². The summed E-state index contributed by atoms with van der Waals surface area (Å²) in [5.41, 5.74) is 4.03. The molecule has 0 amide bonds. The lowest BCUT2D eigenvalue weighted by Gasteiger charge is -2.49. The van der Waals surface area contributed by atoms with Crippen molar-refractivity contribution < 1.29 is 10.2 Å². The van der Waals surface area contributed by atoms with Crippen LogP contribution in [0.1, 0.15) is 54.5 Å². The smallest absolute Gasteiger partial charge is 0.115 e. The van der Waals surface area contributed by atoms with Crippen LogP contribution in [0.5, 0.6) is 5.75 Å². The molecular weight excluding hydrogens is 340 g/mol. The van der Waals surface area contributed by atoms with Gasteiger partial charge in [0.15, 0.2) is 0 Å². The summed E-state index contributed by atoms with van der Waals surface area (Å²) in [7, 11) is 0. The van der Waals surface area contributed by atoms with E-state index in [1.807, 2.05) is 12.1 Å². The van der Waals surface area contributed by atoms with E-state index in [2.05, 4.69) is 36.6 Å². The average molecular weight is 367 g/mol. The van der Waals surface area contributed by atoms with Crippen molar-refractivity contribution in [1.82, 2.24) is 0 Å². The molecule has 1 aromatic heterocycles. The predicted molar refractivity (Wildman–Crippen MR) is 106 cm³/mol. The zero-order valence-corrected chi connectivity index (χ0v) is 16.0. The summed E-state index contributed by atoms with van der Waals surface area (Å²) in [6, 6.07) is 10.2. The fourth-order valence-electron chi connectivity index (χ4n) is 6.12. The summed E-state index contributed by atoms with van der Waals surface area (Å²) in [5, 5.41) is 23.1. The largest absolute Gasteiger partial charge is 0.508 e. The van der Waals surface area contributed by atoms with Gasteiger partial charge in [-0.3, -0.25) is 0 Å². The lowest BCUT2D eigenvalue weighted by molar-refractivity contribution is -0.0158. The Hall–Kier alpha value is -1.58. The Morgan fingerprint density at radius 1 is 1.23 bits per heavy atom. The third kappa shape index (κ3) is 2.40. The van der Waals surface area contributed by atoms with Crippen LogP contribution in [0, 0.1) is 17.3 Å². The number of fused-ring (bicyclic) bond motifs is 5. The summed E-state index contributed by atoms with van der Waals surface area (Å²) >= 11 is 1.75. The zero-order valence-electron chi connectivity index (χ0n) is 15.2. The molecule has 1 heterocycles. The number of phenols is 1. The highest BCUT2D eigenvalue weighted by Crippen LogP contribution is 2.62. The Bertz CT molecular complexity index is 853. The second-order valence-electron chi connectivity index (χ2n) is 8.68. The first-order chi connectivity index (χ1) is 12.6. The predicted octanol–water partition coefficient (Wildman–Crippen LogP) is 5.36. The number of benzene rings is 1. The quantitative estimate of drug-likeness (QED) is 0.713. The highest BCUT2D eigenvalue weighted by Gasteiger charge is 2.56. The van der Waals surface area contributed by atoms with E-state index in [1.54, 1.807) is 11.3 Å². The molecule has 0 spiro atoms. The fraction of sp³-hybridized carbons (Fsp3) is 0.478. The van der Waals surface area contributed by atoms with Crippen LogP contribution in [0.4, 0.5) is 0 Å². The summed E-state index contributed by atoms with van der Waals surface area (Å²) in [6.07, 6.45) is 7.43. The SMILES string of the molecule is CC12CCC3c4ccc(O)cc4CCC3C1CC(=Cc1cccs1)C2O. The van der Waals surface area contributed by atoms with Crippen molar-refractivity contribution in [1.29, 1.82) is 0 Å². The summed E-state index contributed by atoms with van der Waals surface area (Å²) in [6.45, 7) is 2.32. The molecule has 2 fully saturated rings. The molecule has 3 heteroatoms. The fourth-order valence-corrected chi connectivity index (χ4v) is 6.81. The molecule has 0 saturated heterocycles. The maximum Gasteiger partial charge on any atom is 0.115 e. The standard InChI is InChI=1S/C23H26O2S/c1-23-9-8-19-18-7-5-16(24)11-14(18)4-6-20(19)21(23)13-15(22(23)25)12-17-3-2-10-26-17/h2-3,5,7,10-12,19-22,24-25H,4,6,8-9,13H2,1H3. The molecule has 5 atom stereocenters. The minimum absolute atomic E-state index is 0.0126. The van der Waals surface area contributed by atoms with Crippen LogP contribution in [0.15, 0.2) is 41.3 Å². The Kier molecular flexibility index (Phi) is 3.81. The first kappa shape index (κ1) is 16.6. The molecule has 2 aromatic rings. The van der Waals surface area contributed by atoms with Gasteiger partial charge in [0, 0.05) is 10.3 Å². The van der Waals surface area contributed by atoms with Crippen LogP contribution >= 0.6 is 11.3 Å². The normalized spacial score (nSPS) is 37.2. The second-order valence-corrected chi connectivity index (χ2v) is 9.66. The van der Waals surface area contributed by atoms with Gasteiger partial charge in [-0.2, -0.15) is 0 Å². The van der Waals surface area contributed by atoms with E-state index >= 15 is 0 Å². The molecule has 0 radical (unpaired) electrons. The summed E-state index contributed by atoms with van der Waals surface area (Å²) < 4.78 is 0. The van der Waals surface area contributed by atoms with Crippen molar-refractivity contribution >= 4 is 17.4 Å². The van der Waals surface area contributed by atoms with E-state index in [0.717, 1.165) is 25.7 Å². The molecule has 2 saturated carbocycles. The average Bonchev–Trinajstić information content (AvgIpc) is 3.23. The topological polar surface area (TPSA) is 40.5 Å². The van der Waals surface area contributed by atoms with Crippen LogP contribution in [0.25, 0.3) is 6.08 Å². The minimum atomic E-state index is -0.309. The third-order valence-electron chi connectivity index (χ3n) is 7.45. The van der Waals surface area contributed by atoms with Gasteiger partial charge in [0.05, 0.1) is 6.10 Å².